The first-order valence-corrected chi connectivity index (χ1v) is 33.4. The van der Waals surface area contributed by atoms with Gasteiger partial charge in [0.1, 0.15) is 24.1 Å². The number of carbonyl (C=O) groups is 2. The average Bonchev–Trinajstić information content (AvgIpc) is 1.59. The molecule has 3 aliphatic rings. The number of aliphatic carboxylic acids is 1. The molecule has 2 aliphatic heterocycles. The lowest BCUT2D eigenvalue weighted by molar-refractivity contribution is -0.438. The molecule has 4 heterocycles. The summed E-state index contributed by atoms with van der Waals surface area (Å²) in [7, 11) is -8.55. The number of fused-ring (bicyclic) bond motifs is 7. The van der Waals surface area contributed by atoms with Gasteiger partial charge in [-0.15, -0.1) is 0 Å². The van der Waals surface area contributed by atoms with Crippen molar-refractivity contribution < 1.29 is 49.9 Å². The smallest absolute Gasteiger partial charge is 0.326 e. The quantitative estimate of drug-likeness (QED) is 0.0197. The van der Waals surface area contributed by atoms with Crippen LogP contribution in [0.3, 0.4) is 0 Å². The number of anilines is 3. The molecule has 11 rings (SSSR count). The van der Waals surface area contributed by atoms with Gasteiger partial charge in [0.05, 0.1) is 39.7 Å². The number of carbonyl (C=O) groups excluding carboxylic acids is 1. The Balaban J connectivity index is 0.896. The first kappa shape index (κ1) is 63.2. The number of nitrogens with two attached hydrogens (primary N) is 1. The Kier molecular flexibility index (Phi) is 18.0. The molecule has 0 radical (unpaired) electrons. The van der Waals surface area contributed by atoms with E-state index >= 15 is 0 Å². The number of allylic oxidation sites excluding steroid dienone is 7. The zero-order chi connectivity index (χ0) is 64.4. The first-order valence-electron chi connectivity index (χ1n) is 30.3. The molecule has 0 saturated heterocycles. The van der Waals surface area contributed by atoms with Crippen LogP contribution in [0.2, 0.25) is 0 Å². The van der Waals surface area contributed by atoms with E-state index in [0.717, 1.165) is 73.0 Å². The molecule has 1 atom stereocenters. The van der Waals surface area contributed by atoms with E-state index in [1.54, 1.807) is 48.5 Å². The average molecular weight is 1270 g/mol. The standard InChI is InChI=1S/C69H71N9O11S2/c1-68(2)57(77(36-9-11-38-90(83,84)85)55-32-24-44-14-5-7-18-52(44)59(55)68)34-26-46-16-13-17-47(27-35-58-69(3,4)60-53-19-8-6-15-45(53)25-33-56(60)78(58)37-10-12-39-91(86,87)88)62(46)89-51-30-20-43(21-31-51)40-54(66(81)82)74-64(79)48-22-28-49(29-23-48)71-41-50-42-72-63-61(73-50)65(80)76-67(70)75-63/h5-8,14-15,18-35,42,54H,9-13,16-17,36-41H2,1-4H3,(H7-,70,71,72,74,75,76,79,80,81,82,83,84,85,86,87,88)/t54-/m0/s1. The second-order valence-electron chi connectivity index (χ2n) is 24.3. The van der Waals surface area contributed by atoms with Crippen LogP contribution in [0.4, 0.5) is 23.0 Å². The van der Waals surface area contributed by atoms with E-state index in [-0.39, 0.29) is 54.2 Å². The topological polar surface area (TPSA) is 303 Å². The van der Waals surface area contributed by atoms with Crippen molar-refractivity contribution in [1.82, 2.24) is 25.3 Å². The normalized spacial score (nSPS) is 16.7. The number of nitrogen functional groups attached to an aromatic ring is 1. The van der Waals surface area contributed by atoms with Crippen molar-refractivity contribution in [2.45, 2.75) is 102 Å². The highest BCUT2D eigenvalue weighted by Crippen LogP contribution is 2.51. The highest BCUT2D eigenvalue weighted by molar-refractivity contribution is 7.85. The summed E-state index contributed by atoms with van der Waals surface area (Å²) in [5, 5.41) is 20.7. The van der Waals surface area contributed by atoms with Gasteiger partial charge in [0, 0.05) is 70.9 Å². The van der Waals surface area contributed by atoms with Crippen molar-refractivity contribution in [3.63, 3.8) is 0 Å². The number of carboxylic acids is 1. The molecular weight excluding hydrogens is 1190 g/mol. The molecule has 0 saturated carbocycles. The van der Waals surface area contributed by atoms with Crippen LogP contribution in [-0.4, -0.2) is 104 Å². The fraction of sp³-hybridized carbons (Fsp3) is 0.290. The van der Waals surface area contributed by atoms with Crippen molar-refractivity contribution in [3.8, 4) is 5.75 Å². The van der Waals surface area contributed by atoms with Gasteiger partial charge in [0.25, 0.3) is 21.6 Å². The summed E-state index contributed by atoms with van der Waals surface area (Å²) in [4.78, 5) is 55.9. The number of amides is 1. The molecule has 0 bridgehead atoms. The Labute approximate surface area is 527 Å². The highest BCUT2D eigenvalue weighted by Gasteiger charge is 2.46. The predicted molar refractivity (Wildman–Crippen MR) is 353 cm³/mol. The van der Waals surface area contributed by atoms with E-state index in [2.05, 4.69) is 141 Å². The van der Waals surface area contributed by atoms with Crippen molar-refractivity contribution in [2.24, 2.45) is 0 Å². The van der Waals surface area contributed by atoms with Gasteiger partial charge in [-0.1, -0.05) is 86.7 Å². The molecule has 8 aromatic rings. The van der Waals surface area contributed by atoms with E-state index in [1.807, 2.05) is 24.3 Å². The number of hydrogen-bond donors (Lipinski definition) is 6. The summed E-state index contributed by atoms with van der Waals surface area (Å²) < 4.78 is 77.7. The molecule has 1 amide bonds. The molecule has 1 aliphatic carbocycles. The molecule has 91 heavy (non-hydrogen) atoms. The van der Waals surface area contributed by atoms with Crippen LogP contribution in [0.15, 0.2) is 179 Å². The number of aromatic amines is 1. The van der Waals surface area contributed by atoms with Crippen molar-refractivity contribution in [2.75, 3.05) is 40.5 Å². The Morgan fingerprint density at radius 1 is 0.813 bits per heavy atom. The molecule has 0 spiro atoms. The van der Waals surface area contributed by atoms with Crippen LogP contribution in [0.25, 0.3) is 32.7 Å². The third-order valence-electron chi connectivity index (χ3n) is 17.2. The van der Waals surface area contributed by atoms with Gasteiger partial charge in [0.2, 0.25) is 11.6 Å². The number of nitrogens with zero attached hydrogens (tertiary/aromatic N) is 5. The number of unbranched alkanes of at least 4 members (excludes halogenated alkanes) is 2. The molecule has 2 aromatic heterocycles. The molecular formula is C69H71N9O11S2. The lowest BCUT2D eigenvalue weighted by Crippen LogP contribution is -2.42. The zero-order valence-corrected chi connectivity index (χ0v) is 52.5. The predicted octanol–water partition coefficient (Wildman–Crippen LogP) is 10.7. The fourth-order valence-electron chi connectivity index (χ4n) is 12.8. The summed E-state index contributed by atoms with van der Waals surface area (Å²) in [6.45, 7) is 9.94. The van der Waals surface area contributed by atoms with E-state index in [0.29, 0.717) is 67.2 Å². The van der Waals surface area contributed by atoms with Crippen LogP contribution in [0, 0.1) is 0 Å². The number of benzene rings is 6. The minimum Gasteiger partial charge on any atom is -0.748 e. The highest BCUT2D eigenvalue weighted by atomic mass is 32.2. The largest absolute Gasteiger partial charge is 0.748 e. The SMILES string of the molecule is CC1(C)C(/C=C/C2=C(Oc3ccc(C[C@H](NC(=O)c4ccc(NCc5cnc6nc(N)[nH]c(=O)c6n5)cc4)C(=O)O)cc3)C(=C/C=C3/N(CCCCS(=O)(=O)O)c4ccc5ccccc5c4C3(C)C)/CCC2)=[N+](CCCCS(=O)(=O)[O-])c2ccc3ccccc3c21. The summed E-state index contributed by atoms with van der Waals surface area (Å²) in [6.07, 6.45) is 13.5. The van der Waals surface area contributed by atoms with Gasteiger partial charge < -0.3 is 35.7 Å². The second-order valence-corrected chi connectivity index (χ2v) is 27.4. The maximum atomic E-state index is 13.6. The monoisotopic (exact) mass is 1270 g/mol. The number of aromatic nitrogens is 4. The van der Waals surface area contributed by atoms with Crippen LogP contribution < -0.4 is 31.6 Å². The Hall–Kier alpha value is -9.35. The van der Waals surface area contributed by atoms with Crippen molar-refractivity contribution >= 4 is 93.5 Å². The number of carboxylic acid groups (broad SMARTS) is 1. The minimum atomic E-state index is -4.40. The van der Waals surface area contributed by atoms with E-state index in [9.17, 15) is 45.4 Å². The maximum Gasteiger partial charge on any atom is 0.326 e. The lowest BCUT2D eigenvalue weighted by atomic mass is 9.78. The van der Waals surface area contributed by atoms with Crippen LogP contribution >= 0.6 is 0 Å². The lowest BCUT2D eigenvalue weighted by Gasteiger charge is -2.28. The van der Waals surface area contributed by atoms with Gasteiger partial charge in [0.15, 0.2) is 16.9 Å². The molecule has 7 N–H and O–H groups in total. The van der Waals surface area contributed by atoms with Crippen LogP contribution in [-0.2, 0) is 48.8 Å². The molecule has 470 valence electrons. The summed E-state index contributed by atoms with van der Waals surface area (Å²) >= 11 is 0. The molecule has 20 nitrogen and oxygen atoms in total. The number of ether oxygens (including phenoxy) is 1. The number of nitrogens with one attached hydrogen (secondary N) is 3. The van der Waals surface area contributed by atoms with Gasteiger partial charge in [-0.25, -0.2) is 23.2 Å². The maximum absolute atomic E-state index is 13.6. The fourth-order valence-corrected chi connectivity index (χ4v) is 14.0. The summed E-state index contributed by atoms with van der Waals surface area (Å²) in [5.41, 5.74) is 14.4. The molecule has 22 heteroatoms. The van der Waals surface area contributed by atoms with E-state index in [1.165, 1.54) is 6.20 Å². The van der Waals surface area contributed by atoms with Crippen LogP contribution in [0.5, 0.6) is 5.75 Å². The van der Waals surface area contributed by atoms with Gasteiger partial charge in [-0.3, -0.25) is 19.1 Å². The van der Waals surface area contributed by atoms with E-state index in [4.69, 9.17) is 10.5 Å². The summed E-state index contributed by atoms with van der Waals surface area (Å²) in [6, 6.07) is 37.2. The minimum absolute atomic E-state index is 0.0385. The van der Waals surface area contributed by atoms with Gasteiger partial charge in [-0.05, 0) is 157 Å². The van der Waals surface area contributed by atoms with Crippen molar-refractivity contribution in [3.05, 3.63) is 213 Å². The third-order valence-corrected chi connectivity index (χ3v) is 18.8. The van der Waals surface area contributed by atoms with Gasteiger partial charge >= 0.3 is 5.97 Å². The Bertz CT molecular complexity index is 4650. The molecule has 6 aromatic carbocycles. The number of hydrogen-bond acceptors (Lipinski definition) is 15. The third kappa shape index (κ3) is 14.0. The van der Waals surface area contributed by atoms with E-state index < -0.39 is 60.3 Å². The summed E-state index contributed by atoms with van der Waals surface area (Å²) in [5.74, 6) is -1.55. The second kappa shape index (κ2) is 25.9. The van der Waals surface area contributed by atoms with Gasteiger partial charge in [-0.2, -0.15) is 18.0 Å². The first-order chi connectivity index (χ1) is 43.4. The number of H-pyrrole nitrogens is 1. The Morgan fingerprint density at radius 2 is 1.51 bits per heavy atom. The zero-order valence-electron chi connectivity index (χ0n) is 50.9. The molecule has 0 fully saturated rings. The van der Waals surface area contributed by atoms with Crippen molar-refractivity contribution in [1.29, 1.82) is 0 Å². The number of rotatable bonds is 23. The van der Waals surface area contributed by atoms with Crippen LogP contribution in [0.1, 0.15) is 105 Å². The Morgan fingerprint density at radius 3 is 2.21 bits per heavy atom. The molecule has 0 unspecified atom stereocenters.